The largest absolute Gasteiger partial charge is 0.465 e. The normalized spacial score (nSPS) is 18.0. The highest BCUT2D eigenvalue weighted by Gasteiger charge is 2.33. The van der Waals surface area contributed by atoms with Crippen molar-refractivity contribution in [2.45, 2.75) is 58.9 Å². The molecule has 1 aliphatic rings. The van der Waals surface area contributed by atoms with Gasteiger partial charge in [-0.1, -0.05) is 6.92 Å². The predicted molar refractivity (Wildman–Crippen MR) is 133 cm³/mol. The van der Waals surface area contributed by atoms with E-state index in [1.807, 2.05) is 0 Å². The molecule has 1 aromatic carbocycles. The minimum absolute atomic E-state index is 0.0463. The number of carbonyl (C=O) groups excluding carboxylic acids is 2. The van der Waals surface area contributed by atoms with Gasteiger partial charge in [0.25, 0.3) is 6.43 Å². The number of pyridine rings is 1. The van der Waals surface area contributed by atoms with Gasteiger partial charge < -0.3 is 14.4 Å². The third-order valence-electron chi connectivity index (χ3n) is 6.16. The summed E-state index contributed by atoms with van der Waals surface area (Å²) < 4.78 is 52.9. The Balaban J connectivity index is 2.06. The van der Waals surface area contributed by atoms with Gasteiger partial charge in [-0.3, -0.25) is 4.79 Å². The van der Waals surface area contributed by atoms with Crippen LogP contribution in [0, 0.1) is 21.2 Å². The third kappa shape index (κ3) is 6.07. The molecule has 0 radical (unpaired) electrons. The van der Waals surface area contributed by atoms with Gasteiger partial charge in [0.05, 0.1) is 23.9 Å². The zero-order chi connectivity index (χ0) is 25.9. The van der Waals surface area contributed by atoms with E-state index < -0.39 is 35.4 Å². The molecule has 0 aliphatic heterocycles. The third-order valence-corrected chi connectivity index (χ3v) is 7.10. The zero-order valence-electron chi connectivity index (χ0n) is 20.0. The van der Waals surface area contributed by atoms with E-state index in [2.05, 4.69) is 11.9 Å². The number of carbonyl (C=O) groups is 2. The van der Waals surface area contributed by atoms with Gasteiger partial charge >= 0.3 is 5.97 Å². The molecule has 1 aliphatic carbocycles. The first kappa shape index (κ1) is 27.2. The number of halogens is 4. The first-order valence-electron chi connectivity index (χ1n) is 11.4. The summed E-state index contributed by atoms with van der Waals surface area (Å²) in [6.45, 7) is 5.70. The number of aromatic nitrogens is 1. The second-order valence-corrected chi connectivity index (χ2v) is 10.1. The summed E-state index contributed by atoms with van der Waals surface area (Å²) in [4.78, 5) is 31.4. The van der Waals surface area contributed by atoms with Crippen molar-refractivity contribution >= 4 is 40.2 Å². The van der Waals surface area contributed by atoms with Crippen molar-refractivity contribution in [2.24, 2.45) is 11.8 Å². The molecule has 2 aromatic rings. The Hall–Kier alpha value is -2.37. The van der Waals surface area contributed by atoms with E-state index in [9.17, 15) is 18.4 Å². The maximum atomic E-state index is 15.3. The van der Waals surface area contributed by atoms with E-state index in [1.165, 1.54) is 17.2 Å². The van der Waals surface area contributed by atoms with Crippen LogP contribution in [0.2, 0.25) is 0 Å². The lowest BCUT2D eigenvalue weighted by Crippen LogP contribution is -2.43. The maximum absolute atomic E-state index is 15.3. The molecule has 0 spiro atoms. The second kappa shape index (κ2) is 11.6. The molecule has 3 rings (SSSR count). The van der Waals surface area contributed by atoms with Crippen LogP contribution in [0.3, 0.4) is 0 Å². The van der Waals surface area contributed by atoms with Crippen LogP contribution in [-0.4, -0.2) is 30.0 Å². The number of methoxy groups -OCH3 is 1. The molecule has 1 fully saturated rings. The number of anilines is 1. The van der Waals surface area contributed by atoms with Crippen LogP contribution in [0.5, 0.6) is 11.6 Å². The van der Waals surface area contributed by atoms with Gasteiger partial charge in [0.15, 0.2) is 11.6 Å². The van der Waals surface area contributed by atoms with Crippen molar-refractivity contribution in [2.75, 3.05) is 12.0 Å². The molecule has 6 nitrogen and oxygen atoms in total. The molecule has 0 N–H and O–H groups in total. The Bertz CT molecular complexity index is 1090. The van der Waals surface area contributed by atoms with Crippen LogP contribution in [0.4, 0.5) is 18.9 Å². The first-order valence-corrected chi connectivity index (χ1v) is 12.5. The average Bonchev–Trinajstić information content (AvgIpc) is 2.80. The van der Waals surface area contributed by atoms with E-state index in [1.54, 1.807) is 36.4 Å². The fourth-order valence-electron chi connectivity index (χ4n) is 4.26. The summed E-state index contributed by atoms with van der Waals surface area (Å²) in [5.41, 5.74) is -0.550. The SMILES string of the molecule is COC(=O)c1cc(Oc2nccc(I)c2C(F)F)c(F)cc1N(C(=O)C1CCC(C)CC1)C(C)C. The summed E-state index contributed by atoms with van der Waals surface area (Å²) in [5.74, 6) is -2.57. The lowest BCUT2D eigenvalue weighted by Gasteiger charge is -2.34. The number of nitrogens with zero attached hydrogens (tertiary/aromatic N) is 2. The van der Waals surface area contributed by atoms with Crippen molar-refractivity contribution < 1.29 is 32.2 Å². The molecular weight excluding hydrogens is 576 g/mol. The van der Waals surface area contributed by atoms with Gasteiger partial charge in [-0.15, -0.1) is 0 Å². The second-order valence-electron chi connectivity index (χ2n) is 8.96. The average molecular weight is 604 g/mol. The minimum atomic E-state index is -2.90. The van der Waals surface area contributed by atoms with E-state index in [4.69, 9.17) is 9.47 Å². The van der Waals surface area contributed by atoms with Crippen molar-refractivity contribution in [1.82, 2.24) is 4.98 Å². The Kier molecular flexibility index (Phi) is 9.00. The summed E-state index contributed by atoms with van der Waals surface area (Å²) >= 11 is 1.71. The zero-order valence-corrected chi connectivity index (χ0v) is 22.1. The molecule has 1 aromatic heterocycles. The number of esters is 1. The van der Waals surface area contributed by atoms with Gasteiger partial charge in [0.1, 0.15) is 0 Å². The Labute approximate surface area is 216 Å². The van der Waals surface area contributed by atoms with Crippen LogP contribution in [0.15, 0.2) is 24.4 Å². The highest BCUT2D eigenvalue weighted by atomic mass is 127. The number of benzene rings is 1. The van der Waals surface area contributed by atoms with Crippen molar-refractivity contribution in [3.05, 3.63) is 44.9 Å². The van der Waals surface area contributed by atoms with Gasteiger partial charge in [-0.25, -0.2) is 22.9 Å². The molecule has 35 heavy (non-hydrogen) atoms. The molecule has 190 valence electrons. The summed E-state index contributed by atoms with van der Waals surface area (Å²) in [7, 11) is 1.16. The van der Waals surface area contributed by atoms with Crippen LogP contribution >= 0.6 is 22.6 Å². The molecular formula is C25H28F3IN2O4. The molecule has 1 amide bonds. The highest BCUT2D eigenvalue weighted by Crippen LogP contribution is 2.38. The van der Waals surface area contributed by atoms with Crippen LogP contribution in [0.25, 0.3) is 0 Å². The minimum Gasteiger partial charge on any atom is -0.465 e. The highest BCUT2D eigenvalue weighted by molar-refractivity contribution is 14.1. The van der Waals surface area contributed by atoms with Gasteiger partial charge in [-0.05, 0) is 74.1 Å². The van der Waals surface area contributed by atoms with E-state index in [0.29, 0.717) is 5.92 Å². The fraction of sp³-hybridized carbons (Fsp3) is 0.480. The van der Waals surface area contributed by atoms with Gasteiger partial charge in [0.2, 0.25) is 11.8 Å². The van der Waals surface area contributed by atoms with Crippen molar-refractivity contribution in [1.29, 1.82) is 0 Å². The van der Waals surface area contributed by atoms with Crippen molar-refractivity contribution in [3.8, 4) is 11.6 Å². The smallest absolute Gasteiger partial charge is 0.340 e. The molecule has 10 heteroatoms. The number of rotatable bonds is 7. The number of amides is 1. The molecule has 0 bridgehead atoms. The summed E-state index contributed by atoms with van der Waals surface area (Å²) in [6.07, 6.45) is 1.64. The molecule has 1 saturated carbocycles. The van der Waals surface area contributed by atoms with E-state index >= 15 is 4.39 Å². The van der Waals surface area contributed by atoms with Gasteiger partial charge in [0, 0.05) is 33.9 Å². The lowest BCUT2D eigenvalue weighted by atomic mass is 9.82. The monoisotopic (exact) mass is 604 g/mol. The Morgan fingerprint density at radius 2 is 1.83 bits per heavy atom. The number of hydrogen-bond acceptors (Lipinski definition) is 5. The van der Waals surface area contributed by atoms with Crippen LogP contribution < -0.4 is 9.64 Å². The van der Waals surface area contributed by atoms with E-state index in [0.717, 1.165) is 44.9 Å². The summed E-state index contributed by atoms with van der Waals surface area (Å²) in [5, 5.41) is 0. The van der Waals surface area contributed by atoms with E-state index in [-0.39, 0.29) is 32.7 Å². The predicted octanol–water partition coefficient (Wildman–Crippen LogP) is 6.91. The molecule has 0 saturated heterocycles. The maximum Gasteiger partial charge on any atom is 0.340 e. The fourth-order valence-corrected chi connectivity index (χ4v) is 4.89. The molecule has 0 unspecified atom stereocenters. The lowest BCUT2D eigenvalue weighted by molar-refractivity contribution is -0.123. The van der Waals surface area contributed by atoms with Crippen LogP contribution in [0.1, 0.15) is 68.8 Å². The van der Waals surface area contributed by atoms with Crippen LogP contribution in [-0.2, 0) is 9.53 Å². The number of ether oxygens (including phenoxy) is 2. The molecule has 0 atom stereocenters. The standard InChI is InChI=1S/C25H28F3IN2O4/c1-13(2)31(24(32)15-7-5-14(3)6-8-15)19-12-17(26)20(11-16(19)25(33)34-4)35-23-21(22(27)28)18(29)9-10-30-23/h9-15,22H,5-8H2,1-4H3. The van der Waals surface area contributed by atoms with Gasteiger partial charge in [-0.2, -0.15) is 0 Å². The molecule has 1 heterocycles. The quantitative estimate of drug-likeness (QED) is 0.254. The Morgan fingerprint density at radius 3 is 2.40 bits per heavy atom. The number of alkyl halides is 2. The van der Waals surface area contributed by atoms with Crippen molar-refractivity contribution in [3.63, 3.8) is 0 Å². The number of hydrogen-bond donors (Lipinski definition) is 0. The topological polar surface area (TPSA) is 68.7 Å². The summed E-state index contributed by atoms with van der Waals surface area (Å²) in [6, 6.07) is 3.09. The Morgan fingerprint density at radius 1 is 1.17 bits per heavy atom. The first-order chi connectivity index (χ1) is 16.5.